The van der Waals surface area contributed by atoms with Gasteiger partial charge in [-0.2, -0.15) is 0 Å². The number of carbonyl (C=O) groups is 1. The summed E-state index contributed by atoms with van der Waals surface area (Å²) in [7, 11) is 0. The Labute approximate surface area is 150 Å². The number of nitrogens with zero attached hydrogens (tertiary/aromatic N) is 2. The lowest BCUT2D eigenvalue weighted by molar-refractivity contribution is -0.119. The van der Waals surface area contributed by atoms with Crippen LogP contribution in [0.4, 0.5) is 0 Å². The van der Waals surface area contributed by atoms with Gasteiger partial charge in [0, 0.05) is 17.8 Å². The number of rotatable bonds is 5. The van der Waals surface area contributed by atoms with Crippen LogP contribution in [-0.4, -0.2) is 27.3 Å². The van der Waals surface area contributed by atoms with Crippen molar-refractivity contribution in [2.24, 2.45) is 0 Å². The second-order valence-corrected chi connectivity index (χ2v) is 8.36. The van der Waals surface area contributed by atoms with E-state index in [1.807, 2.05) is 0 Å². The van der Waals surface area contributed by atoms with Crippen molar-refractivity contribution in [2.75, 3.05) is 5.75 Å². The third-order valence-electron chi connectivity index (χ3n) is 5.60. The van der Waals surface area contributed by atoms with Crippen LogP contribution in [0.15, 0.2) is 5.16 Å². The summed E-state index contributed by atoms with van der Waals surface area (Å²) in [5.41, 5.74) is 2.38. The van der Waals surface area contributed by atoms with Crippen LogP contribution in [0.2, 0.25) is 0 Å². The predicted octanol–water partition coefficient (Wildman–Crippen LogP) is 4.55. The third kappa shape index (κ3) is 4.35. The van der Waals surface area contributed by atoms with Crippen LogP contribution < -0.4 is 5.32 Å². The van der Waals surface area contributed by atoms with E-state index >= 15 is 0 Å². The Bertz CT molecular complexity index is 557. The van der Waals surface area contributed by atoms with Crippen LogP contribution in [0.25, 0.3) is 0 Å². The first-order valence-electron chi connectivity index (χ1n) is 9.62. The van der Waals surface area contributed by atoms with Gasteiger partial charge >= 0.3 is 0 Å². The molecule has 2 fully saturated rings. The van der Waals surface area contributed by atoms with Gasteiger partial charge in [0.05, 0.1) is 11.4 Å². The summed E-state index contributed by atoms with van der Waals surface area (Å²) in [6.07, 6.45) is 12.6. The average molecular weight is 350 g/mol. The van der Waals surface area contributed by atoms with E-state index in [-0.39, 0.29) is 5.91 Å². The van der Waals surface area contributed by atoms with Crippen LogP contribution in [-0.2, 0) is 4.79 Å². The van der Waals surface area contributed by atoms with Crippen molar-refractivity contribution < 1.29 is 4.79 Å². The molecule has 1 amide bonds. The molecule has 0 atom stereocenters. The van der Waals surface area contributed by atoms with E-state index in [2.05, 4.69) is 23.7 Å². The van der Waals surface area contributed by atoms with Crippen molar-refractivity contribution in [1.29, 1.82) is 0 Å². The number of nitrogens with one attached hydrogen (secondary N) is 1. The molecule has 1 aromatic heterocycles. The molecule has 0 aliphatic heterocycles. The third-order valence-corrected chi connectivity index (χ3v) is 6.55. The van der Waals surface area contributed by atoms with E-state index in [0.29, 0.717) is 17.8 Å². The van der Waals surface area contributed by atoms with Gasteiger partial charge in [0.25, 0.3) is 0 Å². The molecule has 24 heavy (non-hydrogen) atoms. The highest BCUT2D eigenvalue weighted by Crippen LogP contribution is 2.34. The maximum atomic E-state index is 12.3. The van der Waals surface area contributed by atoms with Gasteiger partial charge in [-0.3, -0.25) is 4.79 Å². The molecule has 4 nitrogen and oxygen atoms in total. The number of aromatic nitrogens is 2. The first-order chi connectivity index (χ1) is 11.6. The van der Waals surface area contributed by atoms with E-state index in [9.17, 15) is 4.79 Å². The molecule has 134 valence electrons. The van der Waals surface area contributed by atoms with E-state index in [0.717, 1.165) is 23.7 Å². The Kier molecular flexibility index (Phi) is 6.25. The van der Waals surface area contributed by atoms with Crippen molar-refractivity contribution in [3.8, 4) is 0 Å². The summed E-state index contributed by atoms with van der Waals surface area (Å²) in [5, 5.41) is 4.25. The molecule has 0 spiro atoms. The van der Waals surface area contributed by atoms with Crippen molar-refractivity contribution in [3.05, 3.63) is 11.4 Å². The van der Waals surface area contributed by atoms with Gasteiger partial charge in [-0.1, -0.05) is 50.3 Å². The number of thioether (sulfide) groups is 1. The molecule has 3 rings (SSSR count). The number of hydrogen-bond acceptors (Lipinski definition) is 3. The van der Waals surface area contributed by atoms with Crippen LogP contribution in [0.5, 0.6) is 0 Å². The lowest BCUT2D eigenvalue weighted by Crippen LogP contribution is -2.37. The van der Waals surface area contributed by atoms with Crippen LogP contribution in [0.1, 0.15) is 81.6 Å². The summed E-state index contributed by atoms with van der Waals surface area (Å²) in [6, 6.07) is 0.970. The first-order valence-corrected chi connectivity index (χ1v) is 10.6. The number of amides is 1. The van der Waals surface area contributed by atoms with E-state index < -0.39 is 0 Å². The van der Waals surface area contributed by atoms with E-state index in [1.165, 1.54) is 57.1 Å². The largest absolute Gasteiger partial charge is 0.353 e. The number of hydrogen-bond donors (Lipinski definition) is 1. The Morgan fingerprint density at radius 3 is 2.38 bits per heavy atom. The molecular weight excluding hydrogens is 318 g/mol. The van der Waals surface area contributed by atoms with Crippen molar-refractivity contribution in [1.82, 2.24) is 14.9 Å². The molecule has 0 unspecified atom stereocenters. The molecular formula is C19H31N3OS. The predicted molar refractivity (Wildman–Crippen MR) is 99.6 cm³/mol. The van der Waals surface area contributed by atoms with Gasteiger partial charge in [-0.15, -0.1) is 0 Å². The molecule has 2 saturated carbocycles. The highest BCUT2D eigenvalue weighted by Gasteiger charge is 2.23. The molecule has 0 saturated heterocycles. The number of aryl methyl sites for hydroxylation is 1. The fourth-order valence-electron chi connectivity index (χ4n) is 4.11. The normalized spacial score (nSPS) is 20.2. The summed E-state index contributed by atoms with van der Waals surface area (Å²) in [5.74, 6) is 0.652. The second-order valence-electron chi connectivity index (χ2n) is 7.42. The van der Waals surface area contributed by atoms with Gasteiger partial charge in [-0.25, -0.2) is 4.98 Å². The second kappa shape index (κ2) is 8.41. The minimum Gasteiger partial charge on any atom is -0.353 e. The monoisotopic (exact) mass is 349 g/mol. The lowest BCUT2D eigenvalue weighted by Gasteiger charge is -2.26. The minimum absolute atomic E-state index is 0.167. The standard InChI is InChI=1S/C19H31N3OS/c1-14-15(2)22(17-11-7-4-8-12-17)19(20-14)24-13-18(23)21-16-9-5-3-6-10-16/h16-17H,3-13H2,1-2H3,(H,21,23). The van der Waals surface area contributed by atoms with E-state index in [4.69, 9.17) is 4.98 Å². The highest BCUT2D eigenvalue weighted by molar-refractivity contribution is 7.99. The van der Waals surface area contributed by atoms with Crippen molar-refractivity contribution in [3.63, 3.8) is 0 Å². The Morgan fingerprint density at radius 2 is 1.71 bits per heavy atom. The van der Waals surface area contributed by atoms with Gasteiger partial charge in [0.2, 0.25) is 5.91 Å². The van der Waals surface area contributed by atoms with Crippen molar-refractivity contribution in [2.45, 2.75) is 95.3 Å². The zero-order valence-corrected chi connectivity index (χ0v) is 16.0. The number of imidazole rings is 1. The first kappa shape index (κ1) is 17.8. The molecule has 1 heterocycles. The lowest BCUT2D eigenvalue weighted by atomic mass is 9.95. The summed E-state index contributed by atoms with van der Waals surface area (Å²) >= 11 is 1.61. The average Bonchev–Trinajstić information content (AvgIpc) is 2.89. The SMILES string of the molecule is Cc1nc(SCC(=O)NC2CCCCC2)n(C2CCCCC2)c1C. The molecule has 5 heteroatoms. The Morgan fingerprint density at radius 1 is 1.08 bits per heavy atom. The molecule has 0 bridgehead atoms. The molecule has 0 radical (unpaired) electrons. The Balaban J connectivity index is 1.59. The zero-order chi connectivity index (χ0) is 16.9. The van der Waals surface area contributed by atoms with Gasteiger partial charge < -0.3 is 9.88 Å². The molecule has 2 aliphatic carbocycles. The fourth-order valence-corrected chi connectivity index (χ4v) is 5.08. The summed E-state index contributed by atoms with van der Waals surface area (Å²) in [4.78, 5) is 17.0. The Hall–Kier alpha value is -0.970. The van der Waals surface area contributed by atoms with Gasteiger partial charge in [0.15, 0.2) is 5.16 Å². The molecule has 1 aromatic rings. The van der Waals surface area contributed by atoms with Crippen molar-refractivity contribution >= 4 is 17.7 Å². The zero-order valence-electron chi connectivity index (χ0n) is 15.1. The maximum Gasteiger partial charge on any atom is 0.230 e. The van der Waals surface area contributed by atoms with Gasteiger partial charge in [-0.05, 0) is 39.5 Å². The molecule has 2 aliphatic rings. The smallest absolute Gasteiger partial charge is 0.230 e. The quantitative estimate of drug-likeness (QED) is 0.794. The summed E-state index contributed by atoms with van der Waals surface area (Å²) < 4.78 is 2.41. The topological polar surface area (TPSA) is 46.9 Å². The van der Waals surface area contributed by atoms with Crippen LogP contribution in [0, 0.1) is 13.8 Å². The summed E-state index contributed by atoms with van der Waals surface area (Å²) in [6.45, 7) is 4.25. The fraction of sp³-hybridized carbons (Fsp3) is 0.789. The van der Waals surface area contributed by atoms with Crippen LogP contribution >= 0.6 is 11.8 Å². The maximum absolute atomic E-state index is 12.3. The van der Waals surface area contributed by atoms with E-state index in [1.54, 1.807) is 11.8 Å². The highest BCUT2D eigenvalue weighted by atomic mass is 32.2. The van der Waals surface area contributed by atoms with Crippen LogP contribution in [0.3, 0.4) is 0 Å². The van der Waals surface area contributed by atoms with Gasteiger partial charge in [0.1, 0.15) is 0 Å². The molecule has 0 aromatic carbocycles. The minimum atomic E-state index is 0.167. The number of carbonyl (C=O) groups excluding carboxylic acids is 1. The molecule has 1 N–H and O–H groups in total.